The monoisotopic (exact) mass is 202 g/mol. The van der Waals surface area contributed by atoms with E-state index in [2.05, 4.69) is 0 Å². The third kappa shape index (κ3) is 4.07. The quantitative estimate of drug-likeness (QED) is 0.514. The van der Waals surface area contributed by atoms with Crippen LogP contribution in [0.2, 0.25) is 0 Å². The molecule has 0 saturated carbocycles. The lowest BCUT2D eigenvalue weighted by Gasteiger charge is -2.26. The summed E-state index contributed by atoms with van der Waals surface area (Å²) in [6, 6.07) is -0.575. The van der Waals surface area contributed by atoms with Gasteiger partial charge < -0.3 is 10.5 Å². The molecule has 0 bridgehead atoms. The average molecular weight is 202 g/mol. The van der Waals surface area contributed by atoms with Crippen LogP contribution in [0, 0.1) is 5.92 Å². The summed E-state index contributed by atoms with van der Waals surface area (Å²) in [5.74, 6) is -0.290. The number of carbonyl (C=O) groups excluding carboxylic acids is 1. The summed E-state index contributed by atoms with van der Waals surface area (Å²) >= 11 is 0. The summed E-state index contributed by atoms with van der Waals surface area (Å²) in [5.41, 5.74) is 10.5. The first kappa shape index (κ1) is 13.4. The fourth-order valence-corrected chi connectivity index (χ4v) is 0.856. The third-order valence-corrected chi connectivity index (χ3v) is 2.56. The topological polar surface area (TPSA) is 78.3 Å². The number of carbonyl (C=O) groups is 1. The molecule has 14 heavy (non-hydrogen) atoms. The van der Waals surface area contributed by atoms with E-state index in [1.165, 1.54) is 0 Å². The Bertz CT molecular complexity index is 193. The SMILES string of the molecule is CC[C@H](C)[C@H](N)C(=O)OC(C)(N)CC. The van der Waals surface area contributed by atoms with Gasteiger partial charge in [-0.2, -0.15) is 0 Å². The molecule has 0 aromatic rings. The summed E-state index contributed by atoms with van der Waals surface area (Å²) in [6.07, 6.45) is 1.43. The van der Waals surface area contributed by atoms with Gasteiger partial charge in [0.1, 0.15) is 6.04 Å². The Kier molecular flexibility index (Phi) is 5.08. The largest absolute Gasteiger partial charge is 0.443 e. The van der Waals surface area contributed by atoms with Crippen molar-refractivity contribution in [3.05, 3.63) is 0 Å². The Morgan fingerprint density at radius 3 is 2.36 bits per heavy atom. The predicted octanol–water partition coefficient (Wildman–Crippen LogP) is 0.988. The van der Waals surface area contributed by atoms with Crippen LogP contribution in [0.5, 0.6) is 0 Å². The molecule has 0 radical (unpaired) electrons. The molecule has 0 fully saturated rings. The summed E-state index contributed by atoms with van der Waals surface area (Å²) < 4.78 is 5.09. The Balaban J connectivity index is 4.21. The van der Waals surface area contributed by atoms with Gasteiger partial charge in [-0.3, -0.25) is 10.5 Å². The molecule has 4 N–H and O–H groups in total. The number of hydrogen-bond donors (Lipinski definition) is 2. The molecule has 4 nitrogen and oxygen atoms in total. The molecule has 0 saturated heterocycles. The maximum Gasteiger partial charge on any atom is 0.324 e. The van der Waals surface area contributed by atoms with Crippen LogP contribution in [0.4, 0.5) is 0 Å². The van der Waals surface area contributed by atoms with Crippen molar-refractivity contribution in [1.29, 1.82) is 0 Å². The van der Waals surface area contributed by atoms with E-state index in [0.717, 1.165) is 6.42 Å². The molecule has 84 valence electrons. The lowest BCUT2D eigenvalue weighted by molar-refractivity contribution is -0.160. The highest BCUT2D eigenvalue weighted by atomic mass is 16.6. The van der Waals surface area contributed by atoms with Gasteiger partial charge in [0.15, 0.2) is 5.72 Å². The second kappa shape index (κ2) is 5.32. The van der Waals surface area contributed by atoms with Crippen molar-refractivity contribution < 1.29 is 9.53 Å². The second-order valence-corrected chi connectivity index (χ2v) is 4.00. The molecule has 0 rings (SSSR count). The van der Waals surface area contributed by atoms with E-state index in [4.69, 9.17) is 16.2 Å². The van der Waals surface area contributed by atoms with Gasteiger partial charge in [-0.15, -0.1) is 0 Å². The Hall–Kier alpha value is -0.610. The molecule has 0 aliphatic rings. The van der Waals surface area contributed by atoms with Crippen LogP contribution in [0.25, 0.3) is 0 Å². The van der Waals surface area contributed by atoms with Gasteiger partial charge in [-0.1, -0.05) is 27.2 Å². The Labute approximate surface area is 86.0 Å². The molecule has 0 aliphatic carbocycles. The summed E-state index contributed by atoms with van der Waals surface area (Å²) in [4.78, 5) is 11.5. The minimum Gasteiger partial charge on any atom is -0.443 e. The van der Waals surface area contributed by atoms with Crippen LogP contribution in [0.15, 0.2) is 0 Å². The van der Waals surface area contributed by atoms with Crippen molar-refractivity contribution in [1.82, 2.24) is 0 Å². The van der Waals surface area contributed by atoms with E-state index < -0.39 is 17.7 Å². The van der Waals surface area contributed by atoms with E-state index in [0.29, 0.717) is 6.42 Å². The zero-order chi connectivity index (χ0) is 11.4. The van der Waals surface area contributed by atoms with Crippen molar-refractivity contribution in [3.63, 3.8) is 0 Å². The highest BCUT2D eigenvalue weighted by Gasteiger charge is 2.27. The Morgan fingerprint density at radius 1 is 1.50 bits per heavy atom. The molecular formula is C10H22N2O2. The van der Waals surface area contributed by atoms with Gasteiger partial charge >= 0.3 is 5.97 Å². The number of ether oxygens (including phenoxy) is 1. The van der Waals surface area contributed by atoms with Crippen molar-refractivity contribution >= 4 is 5.97 Å². The molecular weight excluding hydrogens is 180 g/mol. The van der Waals surface area contributed by atoms with Crippen molar-refractivity contribution in [2.24, 2.45) is 17.4 Å². The molecule has 1 unspecified atom stereocenters. The normalized spacial score (nSPS) is 19.6. The molecule has 0 aromatic heterocycles. The second-order valence-electron chi connectivity index (χ2n) is 4.00. The van der Waals surface area contributed by atoms with E-state index in [1.807, 2.05) is 20.8 Å². The number of nitrogens with two attached hydrogens (primary N) is 2. The zero-order valence-corrected chi connectivity index (χ0v) is 9.54. The van der Waals surface area contributed by atoms with E-state index in [9.17, 15) is 4.79 Å². The van der Waals surface area contributed by atoms with Gasteiger partial charge in [0.05, 0.1) is 0 Å². The number of hydrogen-bond acceptors (Lipinski definition) is 4. The van der Waals surface area contributed by atoms with E-state index >= 15 is 0 Å². The molecule has 0 aliphatic heterocycles. The minimum atomic E-state index is -0.901. The van der Waals surface area contributed by atoms with E-state index in [-0.39, 0.29) is 5.92 Å². The van der Waals surface area contributed by atoms with Gasteiger partial charge in [0, 0.05) is 0 Å². The van der Waals surface area contributed by atoms with E-state index in [1.54, 1.807) is 6.92 Å². The average Bonchev–Trinajstić information content (AvgIpc) is 2.14. The number of rotatable bonds is 5. The molecule has 4 heteroatoms. The number of esters is 1. The fraction of sp³-hybridized carbons (Fsp3) is 0.900. The van der Waals surface area contributed by atoms with Crippen LogP contribution in [0.3, 0.4) is 0 Å². The summed E-state index contributed by atoms with van der Waals surface area (Å²) in [5, 5.41) is 0. The molecule has 0 spiro atoms. The lowest BCUT2D eigenvalue weighted by Crippen LogP contribution is -2.47. The van der Waals surface area contributed by atoms with Crippen LogP contribution in [-0.4, -0.2) is 17.7 Å². The van der Waals surface area contributed by atoms with Gasteiger partial charge in [0.2, 0.25) is 0 Å². The van der Waals surface area contributed by atoms with Crippen LogP contribution < -0.4 is 11.5 Å². The minimum absolute atomic E-state index is 0.121. The highest BCUT2D eigenvalue weighted by Crippen LogP contribution is 2.12. The zero-order valence-electron chi connectivity index (χ0n) is 9.54. The van der Waals surface area contributed by atoms with Gasteiger partial charge in [-0.05, 0) is 19.3 Å². The Morgan fingerprint density at radius 2 is 2.00 bits per heavy atom. The van der Waals surface area contributed by atoms with Crippen LogP contribution >= 0.6 is 0 Å². The summed E-state index contributed by atoms with van der Waals surface area (Å²) in [7, 11) is 0. The molecule has 3 atom stereocenters. The van der Waals surface area contributed by atoms with Crippen molar-refractivity contribution in [2.75, 3.05) is 0 Å². The lowest BCUT2D eigenvalue weighted by atomic mass is 10.0. The first-order valence-corrected chi connectivity index (χ1v) is 5.11. The van der Waals surface area contributed by atoms with Crippen LogP contribution in [-0.2, 0) is 9.53 Å². The molecule has 0 heterocycles. The fourth-order valence-electron chi connectivity index (χ4n) is 0.856. The smallest absolute Gasteiger partial charge is 0.324 e. The van der Waals surface area contributed by atoms with Gasteiger partial charge in [-0.25, -0.2) is 0 Å². The maximum absolute atomic E-state index is 11.5. The van der Waals surface area contributed by atoms with Crippen LogP contribution in [0.1, 0.15) is 40.5 Å². The molecule has 0 aromatic carbocycles. The first-order valence-electron chi connectivity index (χ1n) is 5.11. The summed E-state index contributed by atoms with van der Waals surface area (Å²) in [6.45, 7) is 7.45. The predicted molar refractivity (Wildman–Crippen MR) is 56.4 cm³/mol. The van der Waals surface area contributed by atoms with Crippen molar-refractivity contribution in [2.45, 2.75) is 52.3 Å². The molecule has 0 amide bonds. The van der Waals surface area contributed by atoms with Crippen molar-refractivity contribution in [3.8, 4) is 0 Å². The first-order chi connectivity index (χ1) is 6.34. The third-order valence-electron chi connectivity index (χ3n) is 2.56. The standard InChI is InChI=1S/C10H22N2O2/c1-5-7(3)8(11)9(13)14-10(4,12)6-2/h7-8H,5-6,11-12H2,1-4H3/t7-,8-,10?/m0/s1. The van der Waals surface area contributed by atoms with Gasteiger partial charge in [0.25, 0.3) is 0 Å². The highest BCUT2D eigenvalue weighted by molar-refractivity contribution is 5.76. The maximum atomic E-state index is 11.5.